The second-order valence-electron chi connectivity index (χ2n) is 8.34. The lowest BCUT2D eigenvalue weighted by molar-refractivity contribution is 0.0951. The number of amides is 1. The molecule has 0 aromatic heterocycles. The highest BCUT2D eigenvalue weighted by Crippen LogP contribution is 2.24. The van der Waals surface area contributed by atoms with Crippen molar-refractivity contribution in [1.82, 2.24) is 10.2 Å². The summed E-state index contributed by atoms with van der Waals surface area (Å²) in [6.07, 6.45) is 2.47. The number of fused-ring (bicyclic) bond motifs is 1. The van der Waals surface area contributed by atoms with Gasteiger partial charge in [-0.25, -0.2) is 0 Å². The van der Waals surface area contributed by atoms with Crippen LogP contribution in [-0.4, -0.2) is 44.7 Å². The van der Waals surface area contributed by atoms with Crippen molar-refractivity contribution < 1.29 is 14.3 Å². The molecule has 3 aromatic carbocycles. The molecule has 1 fully saturated rings. The Kier molecular flexibility index (Phi) is 6.73. The summed E-state index contributed by atoms with van der Waals surface area (Å²) in [6.45, 7) is 3.49. The van der Waals surface area contributed by atoms with E-state index in [1.807, 2.05) is 54.6 Å². The Hall–Kier alpha value is -3.05. The standard InChI is InChI=1S/C26H30N2O3/c1-28-12-4-6-20(17-28)18-31-25-11-10-21-14-23(9-8-22(21)15-25)26(29)27-16-19-5-3-7-24(13-19)30-2/h3,5,7-11,13-15,20H,4,6,12,16-18H2,1-2H3,(H,27,29). The van der Waals surface area contributed by atoms with Crippen LogP contribution < -0.4 is 14.8 Å². The monoisotopic (exact) mass is 418 g/mol. The summed E-state index contributed by atoms with van der Waals surface area (Å²) in [4.78, 5) is 15.0. The van der Waals surface area contributed by atoms with Crippen molar-refractivity contribution in [2.24, 2.45) is 5.92 Å². The van der Waals surface area contributed by atoms with Gasteiger partial charge in [-0.3, -0.25) is 4.79 Å². The minimum absolute atomic E-state index is 0.0912. The van der Waals surface area contributed by atoms with Crippen LogP contribution in [0.25, 0.3) is 10.8 Å². The molecule has 0 saturated carbocycles. The van der Waals surface area contributed by atoms with E-state index in [1.54, 1.807) is 7.11 Å². The zero-order valence-electron chi connectivity index (χ0n) is 18.3. The summed E-state index contributed by atoms with van der Waals surface area (Å²) in [5.41, 5.74) is 1.65. The number of piperidine rings is 1. The SMILES string of the molecule is COc1cccc(CNC(=O)c2ccc3cc(OCC4CCCN(C)C4)ccc3c2)c1. The number of rotatable bonds is 7. The normalized spacial score (nSPS) is 16.8. The van der Waals surface area contributed by atoms with Gasteiger partial charge in [-0.1, -0.05) is 24.3 Å². The van der Waals surface area contributed by atoms with E-state index in [9.17, 15) is 4.79 Å². The zero-order chi connectivity index (χ0) is 21.6. The van der Waals surface area contributed by atoms with Gasteiger partial charge in [0.05, 0.1) is 13.7 Å². The van der Waals surface area contributed by atoms with Gasteiger partial charge in [-0.05, 0) is 79.2 Å². The molecule has 31 heavy (non-hydrogen) atoms. The lowest BCUT2D eigenvalue weighted by Crippen LogP contribution is -2.34. The average molecular weight is 419 g/mol. The van der Waals surface area contributed by atoms with Crippen LogP contribution in [0.4, 0.5) is 0 Å². The molecule has 5 nitrogen and oxygen atoms in total. The first-order chi connectivity index (χ1) is 15.1. The molecule has 1 aliphatic rings. The first kappa shape index (κ1) is 21.2. The third kappa shape index (κ3) is 5.56. The van der Waals surface area contributed by atoms with Gasteiger partial charge in [0, 0.05) is 24.6 Å². The van der Waals surface area contributed by atoms with Gasteiger partial charge in [-0.2, -0.15) is 0 Å². The van der Waals surface area contributed by atoms with Crippen molar-refractivity contribution in [2.75, 3.05) is 33.9 Å². The van der Waals surface area contributed by atoms with Crippen molar-refractivity contribution in [3.8, 4) is 11.5 Å². The highest BCUT2D eigenvalue weighted by atomic mass is 16.5. The maximum Gasteiger partial charge on any atom is 0.251 e. The Bertz CT molecular complexity index is 1050. The molecular formula is C26H30N2O3. The maximum atomic E-state index is 12.6. The minimum atomic E-state index is -0.0912. The fourth-order valence-corrected chi connectivity index (χ4v) is 4.15. The van der Waals surface area contributed by atoms with Crippen LogP contribution in [0.2, 0.25) is 0 Å². The largest absolute Gasteiger partial charge is 0.497 e. The third-order valence-corrected chi connectivity index (χ3v) is 5.87. The number of nitrogens with zero attached hydrogens (tertiary/aromatic N) is 1. The first-order valence-corrected chi connectivity index (χ1v) is 10.9. The Balaban J connectivity index is 1.37. The predicted octanol–water partition coefficient (Wildman–Crippen LogP) is 4.50. The summed E-state index contributed by atoms with van der Waals surface area (Å²) in [5, 5.41) is 5.08. The third-order valence-electron chi connectivity index (χ3n) is 5.87. The number of carbonyl (C=O) groups excluding carboxylic acids is 1. The number of hydrogen-bond acceptors (Lipinski definition) is 4. The fourth-order valence-electron chi connectivity index (χ4n) is 4.15. The van der Waals surface area contributed by atoms with Crippen molar-refractivity contribution >= 4 is 16.7 Å². The van der Waals surface area contributed by atoms with Crippen LogP contribution in [0.15, 0.2) is 60.7 Å². The number of methoxy groups -OCH3 is 1. The van der Waals surface area contributed by atoms with E-state index < -0.39 is 0 Å². The van der Waals surface area contributed by atoms with Crippen LogP contribution in [-0.2, 0) is 6.54 Å². The molecule has 0 aliphatic carbocycles. The molecule has 0 radical (unpaired) electrons. The van der Waals surface area contributed by atoms with Gasteiger partial charge in [0.25, 0.3) is 5.91 Å². The molecule has 1 amide bonds. The van der Waals surface area contributed by atoms with Crippen LogP contribution in [0.3, 0.4) is 0 Å². The molecule has 1 N–H and O–H groups in total. The highest BCUT2D eigenvalue weighted by Gasteiger charge is 2.17. The second-order valence-corrected chi connectivity index (χ2v) is 8.34. The number of likely N-dealkylation sites (tertiary alicyclic amines) is 1. The molecule has 162 valence electrons. The summed E-state index contributed by atoms with van der Waals surface area (Å²) >= 11 is 0. The van der Waals surface area contributed by atoms with Gasteiger partial charge in [0.15, 0.2) is 0 Å². The molecular weight excluding hydrogens is 388 g/mol. The van der Waals surface area contributed by atoms with Gasteiger partial charge in [0.1, 0.15) is 11.5 Å². The fraction of sp³-hybridized carbons (Fsp3) is 0.346. The molecule has 4 rings (SSSR count). The molecule has 0 spiro atoms. The Labute approximate surface area is 184 Å². The quantitative estimate of drug-likeness (QED) is 0.614. The second kappa shape index (κ2) is 9.84. The van der Waals surface area contributed by atoms with E-state index in [1.165, 1.54) is 19.4 Å². The molecule has 1 heterocycles. The molecule has 5 heteroatoms. The molecule has 1 aliphatic heterocycles. The molecule has 1 atom stereocenters. The van der Waals surface area contributed by atoms with Crippen LogP contribution in [0, 0.1) is 5.92 Å². The molecule has 3 aromatic rings. The van der Waals surface area contributed by atoms with E-state index in [-0.39, 0.29) is 5.91 Å². The lowest BCUT2D eigenvalue weighted by Gasteiger charge is -2.29. The van der Waals surface area contributed by atoms with E-state index in [0.717, 1.165) is 41.0 Å². The Morgan fingerprint density at radius 3 is 2.74 bits per heavy atom. The Morgan fingerprint density at radius 1 is 1.06 bits per heavy atom. The highest BCUT2D eigenvalue weighted by molar-refractivity contribution is 5.98. The first-order valence-electron chi connectivity index (χ1n) is 10.9. The van der Waals surface area contributed by atoms with E-state index in [2.05, 4.69) is 23.3 Å². The lowest BCUT2D eigenvalue weighted by atomic mass is 9.99. The van der Waals surface area contributed by atoms with Crippen LogP contribution >= 0.6 is 0 Å². The van der Waals surface area contributed by atoms with Gasteiger partial charge in [-0.15, -0.1) is 0 Å². The number of hydrogen-bond donors (Lipinski definition) is 1. The summed E-state index contributed by atoms with van der Waals surface area (Å²) in [6, 6.07) is 19.5. The van der Waals surface area contributed by atoms with Crippen molar-refractivity contribution in [2.45, 2.75) is 19.4 Å². The van der Waals surface area contributed by atoms with E-state index in [4.69, 9.17) is 9.47 Å². The topological polar surface area (TPSA) is 50.8 Å². The number of ether oxygens (including phenoxy) is 2. The maximum absolute atomic E-state index is 12.6. The van der Waals surface area contributed by atoms with Gasteiger partial charge in [0.2, 0.25) is 0 Å². The molecule has 0 bridgehead atoms. The van der Waals surface area contributed by atoms with Crippen molar-refractivity contribution in [3.63, 3.8) is 0 Å². The van der Waals surface area contributed by atoms with Crippen LogP contribution in [0.5, 0.6) is 11.5 Å². The number of carbonyl (C=O) groups is 1. The summed E-state index contributed by atoms with van der Waals surface area (Å²) in [7, 11) is 3.81. The molecule has 1 saturated heterocycles. The Morgan fingerprint density at radius 2 is 1.90 bits per heavy atom. The van der Waals surface area contributed by atoms with Gasteiger partial charge < -0.3 is 19.7 Å². The van der Waals surface area contributed by atoms with Crippen molar-refractivity contribution in [1.29, 1.82) is 0 Å². The van der Waals surface area contributed by atoms with Gasteiger partial charge >= 0.3 is 0 Å². The van der Waals surface area contributed by atoms with E-state index in [0.29, 0.717) is 18.0 Å². The zero-order valence-corrected chi connectivity index (χ0v) is 18.3. The van der Waals surface area contributed by atoms with Crippen LogP contribution in [0.1, 0.15) is 28.8 Å². The van der Waals surface area contributed by atoms with E-state index >= 15 is 0 Å². The predicted molar refractivity (Wildman–Crippen MR) is 124 cm³/mol. The molecule has 1 unspecified atom stereocenters. The summed E-state index contributed by atoms with van der Waals surface area (Å²) in [5.74, 6) is 2.17. The summed E-state index contributed by atoms with van der Waals surface area (Å²) < 4.78 is 11.3. The minimum Gasteiger partial charge on any atom is -0.497 e. The number of benzene rings is 3. The van der Waals surface area contributed by atoms with Crippen molar-refractivity contribution in [3.05, 3.63) is 71.8 Å². The number of nitrogens with one attached hydrogen (secondary N) is 1. The average Bonchev–Trinajstić information content (AvgIpc) is 2.81. The smallest absolute Gasteiger partial charge is 0.251 e.